The van der Waals surface area contributed by atoms with Gasteiger partial charge >= 0.3 is 0 Å². The van der Waals surface area contributed by atoms with E-state index in [-0.39, 0.29) is 17.4 Å². The number of benzene rings is 2. The third-order valence-corrected chi connectivity index (χ3v) is 3.98. The van der Waals surface area contributed by atoms with Crippen LogP contribution < -0.4 is 0 Å². The van der Waals surface area contributed by atoms with E-state index in [0.717, 1.165) is 5.56 Å². The molecule has 0 saturated heterocycles. The fraction of sp³-hybridized carbons (Fsp3) is 0.211. The Morgan fingerprint density at radius 2 is 1.88 bits per heavy atom. The second kappa shape index (κ2) is 6.84. The first-order chi connectivity index (χ1) is 12.0. The average Bonchev–Trinajstić information content (AvgIpc) is 3.10. The van der Waals surface area contributed by atoms with E-state index in [1.54, 1.807) is 32.3 Å². The average molecular weight is 339 g/mol. The molecule has 0 aliphatic carbocycles. The van der Waals surface area contributed by atoms with E-state index in [1.165, 1.54) is 28.1 Å². The van der Waals surface area contributed by atoms with Gasteiger partial charge in [0.2, 0.25) is 0 Å². The van der Waals surface area contributed by atoms with Crippen molar-refractivity contribution in [1.82, 2.24) is 9.91 Å². The summed E-state index contributed by atoms with van der Waals surface area (Å²) < 4.78 is 13.3. The predicted octanol–water partition coefficient (Wildman–Crippen LogP) is 2.78. The Kier molecular flexibility index (Phi) is 4.61. The van der Waals surface area contributed by atoms with E-state index in [9.17, 15) is 14.0 Å². The van der Waals surface area contributed by atoms with Gasteiger partial charge in [-0.2, -0.15) is 5.10 Å². The van der Waals surface area contributed by atoms with Crippen LogP contribution in [0.25, 0.3) is 0 Å². The minimum absolute atomic E-state index is 0.117. The zero-order valence-corrected chi connectivity index (χ0v) is 14.1. The van der Waals surface area contributed by atoms with Gasteiger partial charge in [-0.15, -0.1) is 0 Å². The normalized spacial score (nSPS) is 13.6. The Hall–Kier alpha value is -3.02. The molecule has 0 fully saturated rings. The maximum absolute atomic E-state index is 13.3. The Morgan fingerprint density at radius 3 is 2.60 bits per heavy atom. The second-order valence-electron chi connectivity index (χ2n) is 5.98. The van der Waals surface area contributed by atoms with E-state index >= 15 is 0 Å². The minimum atomic E-state index is -0.462. The monoisotopic (exact) mass is 339 g/mol. The summed E-state index contributed by atoms with van der Waals surface area (Å²) in [6.45, 7) is 0.398. The van der Waals surface area contributed by atoms with Crippen LogP contribution in [0.2, 0.25) is 0 Å². The van der Waals surface area contributed by atoms with Gasteiger partial charge in [0.05, 0.1) is 12.3 Å². The fourth-order valence-electron chi connectivity index (χ4n) is 2.73. The minimum Gasteiger partial charge on any atom is -0.345 e. The molecule has 0 spiro atoms. The number of hydrazone groups is 1. The Balaban J connectivity index is 1.90. The number of hydrogen-bond acceptors (Lipinski definition) is 3. The highest BCUT2D eigenvalue weighted by atomic mass is 19.1. The van der Waals surface area contributed by atoms with Crippen LogP contribution in [0, 0.1) is 5.82 Å². The van der Waals surface area contributed by atoms with Gasteiger partial charge in [-0.25, -0.2) is 9.40 Å². The molecule has 5 nitrogen and oxygen atoms in total. The van der Waals surface area contributed by atoms with Gasteiger partial charge in [-0.1, -0.05) is 24.3 Å². The molecule has 0 radical (unpaired) electrons. The molecule has 0 bridgehead atoms. The summed E-state index contributed by atoms with van der Waals surface area (Å²) in [6.07, 6.45) is 0.540. The number of amides is 2. The molecule has 2 aromatic carbocycles. The van der Waals surface area contributed by atoms with Gasteiger partial charge in [-0.05, 0) is 24.3 Å². The van der Waals surface area contributed by atoms with E-state index < -0.39 is 5.82 Å². The van der Waals surface area contributed by atoms with Crippen LogP contribution in [0.3, 0.4) is 0 Å². The van der Waals surface area contributed by atoms with Crippen molar-refractivity contribution in [1.29, 1.82) is 0 Å². The Bertz CT molecular complexity index is 861. The lowest BCUT2D eigenvalue weighted by Gasteiger charge is -2.13. The van der Waals surface area contributed by atoms with Gasteiger partial charge in [0.1, 0.15) is 5.82 Å². The summed E-state index contributed by atoms with van der Waals surface area (Å²) in [5.74, 6) is -0.935. The van der Waals surface area contributed by atoms with E-state index in [0.29, 0.717) is 24.2 Å². The molecular weight excluding hydrogens is 321 g/mol. The molecule has 0 N–H and O–H groups in total. The molecule has 0 unspecified atom stereocenters. The lowest BCUT2D eigenvalue weighted by atomic mass is 10.0. The maximum atomic E-state index is 13.3. The van der Waals surface area contributed by atoms with Crippen molar-refractivity contribution in [3.63, 3.8) is 0 Å². The smallest absolute Gasteiger partial charge is 0.274 e. The SMILES string of the molecule is CN(C)C(=O)c1ccccc1C1=NN(C(=O)c2cccc(F)c2)CC1. The maximum Gasteiger partial charge on any atom is 0.274 e. The molecule has 3 rings (SSSR count). The summed E-state index contributed by atoms with van der Waals surface area (Å²) in [5, 5.41) is 5.69. The zero-order valence-electron chi connectivity index (χ0n) is 14.1. The van der Waals surface area contributed by atoms with E-state index in [2.05, 4.69) is 5.10 Å². The summed E-state index contributed by atoms with van der Waals surface area (Å²) in [4.78, 5) is 26.3. The number of nitrogens with zero attached hydrogens (tertiary/aromatic N) is 3. The zero-order chi connectivity index (χ0) is 18.0. The highest BCUT2D eigenvalue weighted by molar-refractivity contribution is 6.11. The van der Waals surface area contributed by atoms with E-state index in [1.807, 2.05) is 12.1 Å². The second-order valence-corrected chi connectivity index (χ2v) is 5.98. The molecule has 0 atom stereocenters. The first kappa shape index (κ1) is 16.8. The van der Waals surface area contributed by atoms with Gasteiger partial charge in [-0.3, -0.25) is 9.59 Å². The number of halogens is 1. The highest BCUT2D eigenvalue weighted by Crippen LogP contribution is 2.20. The molecule has 1 aliphatic rings. The van der Waals surface area contributed by atoms with Crippen LogP contribution in [-0.2, 0) is 0 Å². The van der Waals surface area contributed by atoms with Crippen molar-refractivity contribution >= 4 is 17.5 Å². The molecule has 25 heavy (non-hydrogen) atoms. The molecule has 2 aromatic rings. The molecule has 128 valence electrons. The first-order valence-corrected chi connectivity index (χ1v) is 7.93. The van der Waals surface area contributed by atoms with Crippen LogP contribution >= 0.6 is 0 Å². The van der Waals surface area contributed by atoms with Crippen LogP contribution in [0.5, 0.6) is 0 Å². The van der Waals surface area contributed by atoms with Crippen molar-refractivity contribution < 1.29 is 14.0 Å². The lowest BCUT2D eigenvalue weighted by Crippen LogP contribution is -2.24. The highest BCUT2D eigenvalue weighted by Gasteiger charge is 2.25. The van der Waals surface area contributed by atoms with Crippen molar-refractivity contribution in [2.45, 2.75) is 6.42 Å². The number of rotatable bonds is 3. The lowest BCUT2D eigenvalue weighted by molar-refractivity contribution is 0.0777. The van der Waals surface area contributed by atoms with Gasteiger partial charge in [0, 0.05) is 37.2 Å². The van der Waals surface area contributed by atoms with E-state index in [4.69, 9.17) is 0 Å². The van der Waals surface area contributed by atoms with Gasteiger partial charge in [0.25, 0.3) is 11.8 Å². The molecule has 1 heterocycles. The standard InChI is InChI=1S/C19H18FN3O2/c1-22(2)19(25)16-9-4-3-8-15(16)17-10-11-23(21-17)18(24)13-6-5-7-14(20)12-13/h3-9,12H,10-11H2,1-2H3. The summed E-state index contributed by atoms with van der Waals surface area (Å²) in [5.41, 5.74) is 2.19. The number of hydrogen-bond donors (Lipinski definition) is 0. The van der Waals surface area contributed by atoms with Crippen molar-refractivity contribution in [2.75, 3.05) is 20.6 Å². The summed E-state index contributed by atoms with van der Waals surface area (Å²) >= 11 is 0. The van der Waals surface area contributed by atoms with Crippen molar-refractivity contribution in [3.8, 4) is 0 Å². The van der Waals surface area contributed by atoms with Crippen LogP contribution in [-0.4, -0.2) is 48.1 Å². The topological polar surface area (TPSA) is 53.0 Å². The van der Waals surface area contributed by atoms with Crippen LogP contribution in [0.1, 0.15) is 32.7 Å². The molecule has 0 saturated carbocycles. The van der Waals surface area contributed by atoms with Crippen LogP contribution in [0.15, 0.2) is 53.6 Å². The third-order valence-electron chi connectivity index (χ3n) is 3.98. The summed E-state index contributed by atoms with van der Waals surface area (Å²) in [6, 6.07) is 12.7. The molecule has 1 aliphatic heterocycles. The summed E-state index contributed by atoms with van der Waals surface area (Å²) in [7, 11) is 3.38. The van der Waals surface area contributed by atoms with Gasteiger partial charge in [0.15, 0.2) is 0 Å². The molecule has 6 heteroatoms. The third kappa shape index (κ3) is 3.42. The van der Waals surface area contributed by atoms with Gasteiger partial charge < -0.3 is 4.90 Å². The first-order valence-electron chi connectivity index (χ1n) is 7.93. The largest absolute Gasteiger partial charge is 0.345 e. The van der Waals surface area contributed by atoms with Crippen molar-refractivity contribution in [3.05, 3.63) is 71.0 Å². The van der Waals surface area contributed by atoms with Crippen LogP contribution in [0.4, 0.5) is 4.39 Å². The quantitative estimate of drug-likeness (QED) is 0.863. The molecule has 2 amide bonds. The number of carbonyl (C=O) groups excluding carboxylic acids is 2. The fourth-order valence-corrected chi connectivity index (χ4v) is 2.73. The molecule has 0 aromatic heterocycles. The number of carbonyl (C=O) groups is 2. The van der Waals surface area contributed by atoms with Crippen molar-refractivity contribution in [2.24, 2.45) is 5.10 Å². The Labute approximate surface area is 145 Å². The predicted molar refractivity (Wildman–Crippen MR) is 93.1 cm³/mol. The molecular formula is C19H18FN3O2. The Morgan fingerprint density at radius 1 is 1.12 bits per heavy atom.